The molecule has 0 aliphatic heterocycles. The number of nitrogens with zero attached hydrogens (tertiary/aromatic N) is 4. The van der Waals surface area contributed by atoms with Gasteiger partial charge in [0, 0.05) is 41.1 Å². The van der Waals surface area contributed by atoms with Crippen LogP contribution in [0.25, 0.3) is 32.6 Å². The highest BCUT2D eigenvalue weighted by molar-refractivity contribution is 7.17. The van der Waals surface area contributed by atoms with Gasteiger partial charge in [-0.1, -0.05) is 0 Å². The minimum atomic E-state index is 0.348. The van der Waals surface area contributed by atoms with Gasteiger partial charge in [0.1, 0.15) is 0 Å². The van der Waals surface area contributed by atoms with E-state index < -0.39 is 0 Å². The zero-order valence-corrected chi connectivity index (χ0v) is 13.8. The third kappa shape index (κ3) is 2.53. The molecule has 0 saturated carbocycles. The average Bonchev–Trinajstić information content (AvgIpc) is 3.22. The minimum Gasteiger partial charge on any atom is -0.270 e. The molecule has 0 bridgehead atoms. The summed E-state index contributed by atoms with van der Waals surface area (Å²) in [6, 6.07) is 8.59. The predicted molar refractivity (Wildman–Crippen MR) is 94.5 cm³/mol. The molecule has 0 radical (unpaired) electrons. The molecule has 4 aromatic heterocycles. The number of rotatable bonds is 3. The molecule has 5 heteroatoms. The van der Waals surface area contributed by atoms with Gasteiger partial charge in [-0.25, -0.2) is 4.98 Å². The van der Waals surface area contributed by atoms with Gasteiger partial charge < -0.3 is 0 Å². The summed E-state index contributed by atoms with van der Waals surface area (Å²) in [6.07, 6.45) is 7.56. The Bertz CT molecular complexity index is 953. The molecule has 0 aromatic carbocycles. The first-order chi connectivity index (χ1) is 11.2. The Balaban J connectivity index is 1.83. The third-order valence-electron chi connectivity index (χ3n) is 3.83. The maximum absolute atomic E-state index is 4.89. The van der Waals surface area contributed by atoms with Gasteiger partial charge in [0.05, 0.1) is 22.1 Å². The lowest BCUT2D eigenvalue weighted by Gasteiger charge is -2.03. The van der Waals surface area contributed by atoms with Crippen molar-refractivity contribution in [2.75, 3.05) is 0 Å². The average molecular weight is 320 g/mol. The molecule has 114 valence electrons. The molecule has 4 nitrogen and oxygen atoms in total. The molecule has 4 heterocycles. The van der Waals surface area contributed by atoms with E-state index in [0.717, 1.165) is 27.9 Å². The molecule has 0 spiro atoms. The maximum Gasteiger partial charge on any atom is 0.0895 e. The van der Waals surface area contributed by atoms with Gasteiger partial charge in [0.25, 0.3) is 0 Å². The Morgan fingerprint density at radius 3 is 2.61 bits per heavy atom. The zero-order valence-electron chi connectivity index (χ0n) is 13.0. The highest BCUT2D eigenvalue weighted by atomic mass is 32.1. The number of aromatic nitrogens is 4. The van der Waals surface area contributed by atoms with E-state index in [4.69, 9.17) is 4.98 Å². The fourth-order valence-electron chi connectivity index (χ4n) is 2.56. The topological polar surface area (TPSA) is 43.6 Å². The van der Waals surface area contributed by atoms with Crippen molar-refractivity contribution in [1.82, 2.24) is 19.7 Å². The van der Waals surface area contributed by atoms with Gasteiger partial charge in [0.15, 0.2) is 0 Å². The lowest BCUT2D eigenvalue weighted by Crippen LogP contribution is -1.99. The summed E-state index contributed by atoms with van der Waals surface area (Å²) < 4.78 is 3.15. The monoisotopic (exact) mass is 320 g/mol. The fraction of sp³-hybridized carbons (Fsp3) is 0.167. The first kappa shape index (κ1) is 14.1. The molecular weight excluding hydrogens is 304 g/mol. The van der Waals surface area contributed by atoms with Crippen molar-refractivity contribution >= 4 is 21.6 Å². The van der Waals surface area contributed by atoms with Crippen LogP contribution in [0.3, 0.4) is 0 Å². The van der Waals surface area contributed by atoms with Crippen molar-refractivity contribution in [3.63, 3.8) is 0 Å². The molecule has 0 amide bonds. The van der Waals surface area contributed by atoms with Crippen LogP contribution in [-0.2, 0) is 0 Å². The Kier molecular flexibility index (Phi) is 3.42. The minimum absolute atomic E-state index is 0.348. The molecule has 4 aromatic rings. The Morgan fingerprint density at radius 2 is 1.87 bits per heavy atom. The Morgan fingerprint density at radius 1 is 1.04 bits per heavy atom. The number of hydrogen-bond donors (Lipinski definition) is 0. The van der Waals surface area contributed by atoms with Crippen LogP contribution >= 0.6 is 11.3 Å². The van der Waals surface area contributed by atoms with Crippen molar-refractivity contribution in [2.24, 2.45) is 0 Å². The second-order valence-corrected chi connectivity index (χ2v) is 6.64. The molecule has 0 fully saturated rings. The van der Waals surface area contributed by atoms with Crippen LogP contribution in [-0.4, -0.2) is 19.7 Å². The summed E-state index contributed by atoms with van der Waals surface area (Å²) in [4.78, 5) is 8.98. The molecule has 0 atom stereocenters. The van der Waals surface area contributed by atoms with Gasteiger partial charge in [-0.2, -0.15) is 5.10 Å². The van der Waals surface area contributed by atoms with Gasteiger partial charge in [-0.15, -0.1) is 11.3 Å². The van der Waals surface area contributed by atoms with E-state index in [9.17, 15) is 0 Å². The van der Waals surface area contributed by atoms with Crippen LogP contribution in [0.4, 0.5) is 0 Å². The van der Waals surface area contributed by atoms with E-state index in [1.165, 1.54) is 4.70 Å². The molecule has 0 N–H and O–H groups in total. The summed E-state index contributed by atoms with van der Waals surface area (Å²) >= 11 is 1.72. The number of pyridine rings is 2. The summed E-state index contributed by atoms with van der Waals surface area (Å²) in [5.74, 6) is 0. The SMILES string of the molecule is CC(C)n1cc(-c2ccc3scc(-c4ccncc4)c3n2)cn1. The second kappa shape index (κ2) is 5.59. The first-order valence-corrected chi connectivity index (χ1v) is 8.43. The van der Waals surface area contributed by atoms with Gasteiger partial charge in [-0.3, -0.25) is 9.67 Å². The molecule has 4 rings (SSSR count). The molecular formula is C18H16N4S. The molecule has 0 aliphatic rings. The van der Waals surface area contributed by atoms with E-state index in [1.807, 2.05) is 35.4 Å². The molecule has 23 heavy (non-hydrogen) atoms. The largest absolute Gasteiger partial charge is 0.270 e. The number of fused-ring (bicyclic) bond motifs is 1. The third-order valence-corrected chi connectivity index (χ3v) is 4.77. The highest BCUT2D eigenvalue weighted by Gasteiger charge is 2.11. The Labute approximate surface area is 138 Å². The fourth-order valence-corrected chi connectivity index (χ4v) is 3.47. The van der Waals surface area contributed by atoms with Crippen LogP contribution in [0.2, 0.25) is 0 Å². The van der Waals surface area contributed by atoms with Crippen molar-refractivity contribution in [2.45, 2.75) is 19.9 Å². The van der Waals surface area contributed by atoms with Crippen molar-refractivity contribution < 1.29 is 0 Å². The summed E-state index contributed by atoms with van der Waals surface area (Å²) in [6.45, 7) is 4.24. The van der Waals surface area contributed by atoms with Gasteiger partial charge in [0.2, 0.25) is 0 Å². The number of hydrogen-bond acceptors (Lipinski definition) is 4. The second-order valence-electron chi connectivity index (χ2n) is 5.73. The maximum atomic E-state index is 4.89. The lowest BCUT2D eigenvalue weighted by atomic mass is 10.1. The number of thiophene rings is 1. The van der Waals surface area contributed by atoms with Gasteiger partial charge >= 0.3 is 0 Å². The van der Waals surface area contributed by atoms with E-state index >= 15 is 0 Å². The van der Waals surface area contributed by atoms with Crippen LogP contribution < -0.4 is 0 Å². The standard InChI is InChI=1S/C18H16N4S/c1-12(2)22-10-14(9-20-22)16-3-4-17-18(21-16)15(11-23-17)13-5-7-19-8-6-13/h3-12H,1-2H3. The predicted octanol–water partition coefficient (Wildman–Crippen LogP) is 4.80. The van der Waals surface area contributed by atoms with Crippen molar-refractivity contribution in [3.8, 4) is 22.4 Å². The smallest absolute Gasteiger partial charge is 0.0895 e. The van der Waals surface area contributed by atoms with E-state index in [2.05, 4.69) is 47.6 Å². The van der Waals surface area contributed by atoms with E-state index in [0.29, 0.717) is 6.04 Å². The highest BCUT2D eigenvalue weighted by Crippen LogP contribution is 2.34. The van der Waals surface area contributed by atoms with Crippen molar-refractivity contribution in [1.29, 1.82) is 0 Å². The van der Waals surface area contributed by atoms with E-state index in [1.54, 1.807) is 11.3 Å². The summed E-state index contributed by atoms with van der Waals surface area (Å²) in [5.41, 5.74) is 5.35. The quantitative estimate of drug-likeness (QED) is 0.544. The van der Waals surface area contributed by atoms with Crippen LogP contribution in [0.15, 0.2) is 54.4 Å². The van der Waals surface area contributed by atoms with Crippen LogP contribution in [0.1, 0.15) is 19.9 Å². The Hall–Kier alpha value is -2.53. The molecule has 0 aliphatic carbocycles. The molecule has 0 saturated heterocycles. The lowest BCUT2D eigenvalue weighted by molar-refractivity contribution is 0.532. The van der Waals surface area contributed by atoms with Crippen molar-refractivity contribution in [3.05, 3.63) is 54.4 Å². The van der Waals surface area contributed by atoms with Crippen LogP contribution in [0, 0.1) is 0 Å². The normalized spacial score (nSPS) is 11.4. The summed E-state index contributed by atoms with van der Waals surface area (Å²) in [7, 11) is 0. The van der Waals surface area contributed by atoms with Crippen LogP contribution in [0.5, 0.6) is 0 Å². The molecule has 0 unspecified atom stereocenters. The van der Waals surface area contributed by atoms with Gasteiger partial charge in [-0.05, 0) is 43.7 Å². The first-order valence-electron chi connectivity index (χ1n) is 7.55. The summed E-state index contributed by atoms with van der Waals surface area (Å²) in [5, 5.41) is 6.57. The van der Waals surface area contributed by atoms with E-state index in [-0.39, 0.29) is 0 Å². The zero-order chi connectivity index (χ0) is 15.8.